The van der Waals surface area contributed by atoms with Gasteiger partial charge >= 0.3 is 0 Å². The van der Waals surface area contributed by atoms with Gasteiger partial charge in [-0.1, -0.05) is 43.2 Å². The van der Waals surface area contributed by atoms with Crippen molar-refractivity contribution in [2.24, 2.45) is 0 Å². The normalized spacial score (nSPS) is 18.8. The zero-order valence-corrected chi connectivity index (χ0v) is 15.3. The van der Waals surface area contributed by atoms with E-state index in [0.717, 1.165) is 25.2 Å². The fourth-order valence-corrected chi connectivity index (χ4v) is 4.33. The zero-order valence-electron chi connectivity index (χ0n) is 15.3. The van der Waals surface area contributed by atoms with E-state index in [2.05, 4.69) is 4.90 Å². The van der Waals surface area contributed by atoms with E-state index in [4.69, 9.17) is 0 Å². The van der Waals surface area contributed by atoms with Crippen molar-refractivity contribution in [3.05, 3.63) is 65.2 Å². The maximum absolute atomic E-state index is 14.7. The van der Waals surface area contributed by atoms with Crippen LogP contribution in [0.3, 0.4) is 0 Å². The molecular formula is C22H24F2N2O. The van der Waals surface area contributed by atoms with Crippen LogP contribution < -0.4 is 4.90 Å². The van der Waals surface area contributed by atoms with Crippen molar-refractivity contribution in [3.8, 4) is 0 Å². The second-order valence-electron chi connectivity index (χ2n) is 7.44. The molecule has 142 valence electrons. The summed E-state index contributed by atoms with van der Waals surface area (Å²) in [7, 11) is 0. The van der Waals surface area contributed by atoms with Gasteiger partial charge in [-0.15, -0.1) is 0 Å². The first kappa shape index (κ1) is 18.1. The number of carbonyl (C=O) groups excluding carboxylic acids is 1. The first-order chi connectivity index (χ1) is 13.1. The highest BCUT2D eigenvalue weighted by molar-refractivity contribution is 6.09. The highest BCUT2D eigenvalue weighted by atomic mass is 19.1. The summed E-state index contributed by atoms with van der Waals surface area (Å²) in [5, 5.41) is 0. The highest BCUT2D eigenvalue weighted by Crippen LogP contribution is 2.29. The van der Waals surface area contributed by atoms with Gasteiger partial charge in [-0.3, -0.25) is 9.69 Å². The number of nitrogens with zero attached hydrogens (tertiary/aromatic N) is 2. The molecule has 0 spiro atoms. The molecule has 2 aromatic rings. The monoisotopic (exact) mass is 370 g/mol. The third-order valence-corrected chi connectivity index (χ3v) is 5.79. The first-order valence-electron chi connectivity index (χ1n) is 9.71. The van der Waals surface area contributed by atoms with Crippen molar-refractivity contribution in [3.63, 3.8) is 0 Å². The topological polar surface area (TPSA) is 23.6 Å². The molecule has 1 saturated heterocycles. The van der Waals surface area contributed by atoms with Crippen LogP contribution in [-0.4, -0.2) is 42.9 Å². The third-order valence-electron chi connectivity index (χ3n) is 5.79. The van der Waals surface area contributed by atoms with Crippen LogP contribution in [0, 0.1) is 11.6 Å². The van der Waals surface area contributed by atoms with Crippen molar-refractivity contribution in [1.82, 2.24) is 4.90 Å². The lowest BCUT2D eigenvalue weighted by Crippen LogP contribution is -2.50. The Kier molecular flexibility index (Phi) is 5.21. The van der Waals surface area contributed by atoms with Crippen LogP contribution in [0.25, 0.3) is 0 Å². The Morgan fingerprint density at radius 2 is 1.44 bits per heavy atom. The van der Waals surface area contributed by atoms with Gasteiger partial charge in [0.1, 0.15) is 17.3 Å². The Morgan fingerprint density at radius 1 is 0.852 bits per heavy atom. The van der Waals surface area contributed by atoms with Crippen LogP contribution >= 0.6 is 0 Å². The maximum atomic E-state index is 14.7. The number of hydrogen-bond donors (Lipinski definition) is 0. The highest BCUT2D eigenvalue weighted by Gasteiger charge is 2.28. The lowest BCUT2D eigenvalue weighted by atomic mass is 10.0. The Balaban J connectivity index is 1.50. The van der Waals surface area contributed by atoms with Crippen LogP contribution in [0.15, 0.2) is 42.5 Å². The lowest BCUT2D eigenvalue weighted by molar-refractivity contribution is 0.103. The number of halogens is 2. The Bertz CT molecular complexity index is 787. The van der Waals surface area contributed by atoms with Gasteiger partial charge in [0.15, 0.2) is 5.78 Å². The number of carbonyl (C=O) groups is 1. The molecule has 0 unspecified atom stereocenters. The number of ketones is 1. The van der Waals surface area contributed by atoms with Gasteiger partial charge in [0.05, 0.1) is 0 Å². The molecule has 2 aliphatic rings. The molecule has 3 nitrogen and oxygen atoms in total. The molecule has 2 fully saturated rings. The summed E-state index contributed by atoms with van der Waals surface area (Å²) in [6, 6.07) is 11.5. The van der Waals surface area contributed by atoms with E-state index >= 15 is 0 Å². The SMILES string of the molecule is O=C(c1ccccc1)c1cc(F)c(N2CCN(C3CCCC3)CC2)c(F)c1. The molecule has 1 saturated carbocycles. The van der Waals surface area contributed by atoms with Gasteiger partial charge in [-0.05, 0) is 25.0 Å². The number of hydrogen-bond acceptors (Lipinski definition) is 3. The van der Waals surface area contributed by atoms with E-state index < -0.39 is 11.6 Å². The molecule has 5 heteroatoms. The second kappa shape index (κ2) is 7.77. The van der Waals surface area contributed by atoms with Crippen LogP contribution in [0.1, 0.15) is 41.6 Å². The predicted octanol–water partition coefficient (Wildman–Crippen LogP) is 4.26. The minimum absolute atomic E-state index is 0.00863. The van der Waals surface area contributed by atoms with Gasteiger partial charge in [0.25, 0.3) is 0 Å². The van der Waals surface area contributed by atoms with E-state index in [1.807, 2.05) is 0 Å². The average molecular weight is 370 g/mol. The van der Waals surface area contributed by atoms with Gasteiger partial charge in [-0.2, -0.15) is 0 Å². The minimum Gasteiger partial charge on any atom is -0.364 e. The Morgan fingerprint density at radius 3 is 2.04 bits per heavy atom. The third kappa shape index (κ3) is 3.74. The standard InChI is InChI=1S/C22H24F2N2O/c23-19-14-17(22(27)16-6-2-1-3-7-16)15-20(24)21(19)26-12-10-25(11-13-26)18-8-4-5-9-18/h1-3,6-7,14-15,18H,4-5,8-13H2. The summed E-state index contributed by atoms with van der Waals surface area (Å²) in [6.07, 6.45) is 5.04. The maximum Gasteiger partial charge on any atom is 0.193 e. The van der Waals surface area contributed by atoms with Gasteiger partial charge in [0, 0.05) is 43.3 Å². The van der Waals surface area contributed by atoms with E-state index in [1.54, 1.807) is 35.2 Å². The van der Waals surface area contributed by atoms with Crippen molar-refractivity contribution in [2.75, 3.05) is 31.1 Å². The number of benzene rings is 2. The number of rotatable bonds is 4. The molecular weight excluding hydrogens is 346 g/mol. The van der Waals surface area contributed by atoms with E-state index in [0.29, 0.717) is 24.7 Å². The summed E-state index contributed by atoms with van der Waals surface area (Å²) < 4.78 is 29.4. The van der Waals surface area contributed by atoms with E-state index in [-0.39, 0.29) is 17.0 Å². The summed E-state index contributed by atoms with van der Waals surface area (Å²) >= 11 is 0. The van der Waals surface area contributed by atoms with Crippen molar-refractivity contribution >= 4 is 11.5 Å². The molecule has 2 aromatic carbocycles. The number of anilines is 1. The van der Waals surface area contributed by atoms with Gasteiger partial charge in [-0.25, -0.2) is 8.78 Å². The largest absolute Gasteiger partial charge is 0.364 e. The van der Waals surface area contributed by atoms with Crippen LogP contribution in [0.5, 0.6) is 0 Å². The smallest absolute Gasteiger partial charge is 0.193 e. The number of piperazine rings is 1. The summed E-state index contributed by atoms with van der Waals surface area (Å²) in [5.74, 6) is -1.70. The fraction of sp³-hybridized carbons (Fsp3) is 0.409. The van der Waals surface area contributed by atoms with Crippen LogP contribution in [0.4, 0.5) is 14.5 Å². The average Bonchev–Trinajstić information content (AvgIpc) is 3.23. The molecule has 27 heavy (non-hydrogen) atoms. The van der Waals surface area contributed by atoms with E-state index in [1.165, 1.54) is 25.7 Å². The zero-order chi connectivity index (χ0) is 18.8. The molecule has 0 radical (unpaired) electrons. The van der Waals surface area contributed by atoms with Crippen LogP contribution in [-0.2, 0) is 0 Å². The molecule has 1 aliphatic heterocycles. The van der Waals surface area contributed by atoms with Gasteiger partial charge < -0.3 is 4.90 Å². The molecule has 0 bridgehead atoms. The molecule has 0 N–H and O–H groups in total. The molecule has 0 amide bonds. The minimum atomic E-state index is -0.663. The molecule has 1 heterocycles. The molecule has 0 aromatic heterocycles. The second-order valence-corrected chi connectivity index (χ2v) is 7.44. The van der Waals surface area contributed by atoms with E-state index in [9.17, 15) is 13.6 Å². The fourth-order valence-electron chi connectivity index (χ4n) is 4.33. The van der Waals surface area contributed by atoms with Gasteiger partial charge in [0.2, 0.25) is 0 Å². The first-order valence-corrected chi connectivity index (χ1v) is 9.71. The quantitative estimate of drug-likeness (QED) is 0.752. The van der Waals surface area contributed by atoms with Crippen molar-refractivity contribution < 1.29 is 13.6 Å². The molecule has 4 rings (SSSR count). The van der Waals surface area contributed by atoms with Crippen molar-refractivity contribution in [1.29, 1.82) is 0 Å². The Hall–Kier alpha value is -2.27. The summed E-state index contributed by atoms with van der Waals surface area (Å²) in [6.45, 7) is 2.87. The lowest BCUT2D eigenvalue weighted by Gasteiger charge is -2.39. The summed E-state index contributed by atoms with van der Waals surface area (Å²) in [4.78, 5) is 16.7. The predicted molar refractivity (Wildman–Crippen MR) is 102 cm³/mol. The van der Waals surface area contributed by atoms with Crippen molar-refractivity contribution in [2.45, 2.75) is 31.7 Å². The Labute approximate surface area is 158 Å². The van der Waals surface area contributed by atoms with Crippen LogP contribution in [0.2, 0.25) is 0 Å². The molecule has 0 atom stereocenters. The molecule has 1 aliphatic carbocycles. The summed E-state index contributed by atoms with van der Waals surface area (Å²) in [5.41, 5.74) is 0.462.